The van der Waals surface area contributed by atoms with Gasteiger partial charge in [-0.25, -0.2) is 0 Å². The fourth-order valence-corrected chi connectivity index (χ4v) is 1.59. The molecule has 0 N–H and O–H groups in total. The first kappa shape index (κ1) is 31.5. The molecule has 10 heteroatoms. The maximum absolute atomic E-state index is 11.2. The number of allylic oxidation sites excluding steroid dienone is 2. The minimum Gasteiger partial charge on any atom is -0.875 e. The number of carbonyl (C=O) groups is 4. The molecule has 0 fully saturated rings. The van der Waals surface area contributed by atoms with Crippen LogP contribution in [0, 0.1) is 0 Å². The molecule has 29 heavy (non-hydrogen) atoms. The summed E-state index contributed by atoms with van der Waals surface area (Å²) in [6.45, 7) is 2.44. The summed E-state index contributed by atoms with van der Waals surface area (Å²) in [6, 6.07) is 7.91. The predicted molar refractivity (Wildman–Crippen MR) is 98.1 cm³/mol. The smallest absolute Gasteiger partial charge is 0.875 e. The fraction of sp³-hybridized carbons (Fsp3) is 0.158. The van der Waals surface area contributed by atoms with Crippen LogP contribution in [-0.2, 0) is 19.2 Å². The van der Waals surface area contributed by atoms with Crippen LogP contribution in [0.5, 0.6) is 0 Å². The summed E-state index contributed by atoms with van der Waals surface area (Å²) >= 11 is 0. The van der Waals surface area contributed by atoms with Gasteiger partial charge in [0.25, 0.3) is 0 Å². The number of carboxylic acids is 1. The third-order valence-electron chi connectivity index (χ3n) is 2.60. The number of hydrogen-bond donors (Lipinski definition) is 0. The van der Waals surface area contributed by atoms with E-state index in [9.17, 15) is 39.6 Å². The molecule has 8 nitrogen and oxygen atoms in total. The van der Waals surface area contributed by atoms with Crippen molar-refractivity contribution in [2.45, 2.75) is 20.3 Å². The Morgan fingerprint density at radius 1 is 0.759 bits per heavy atom. The van der Waals surface area contributed by atoms with Crippen LogP contribution >= 0.6 is 0 Å². The quantitative estimate of drug-likeness (QED) is 0.195. The molecule has 1 aromatic carbocycles. The van der Waals surface area contributed by atoms with Gasteiger partial charge in [-0.3, -0.25) is 14.4 Å². The third-order valence-corrected chi connectivity index (χ3v) is 2.60. The Kier molecular flexibility index (Phi) is 18.2. The second-order valence-electron chi connectivity index (χ2n) is 5.15. The summed E-state index contributed by atoms with van der Waals surface area (Å²) in [4.78, 5) is 41.4. The number of hydrogen-bond acceptors (Lipinski definition) is 8. The van der Waals surface area contributed by atoms with E-state index in [1.165, 1.54) is 26.0 Å². The largest absolute Gasteiger partial charge is 2.00 e. The first-order valence-electron chi connectivity index (χ1n) is 7.48. The SMILES string of the molecule is CC(=O)/C=C(\[O-])C/C([O-])=C/C(C)=O.O=C([O-])C(=O)/C=C(\[O-])c1ccccc1.[Mg+2].[Mg+2]. The van der Waals surface area contributed by atoms with Crippen molar-refractivity contribution >= 4 is 75.2 Å². The zero-order valence-corrected chi connectivity index (χ0v) is 18.8. The van der Waals surface area contributed by atoms with E-state index in [-0.39, 0.29) is 51.7 Å². The van der Waals surface area contributed by atoms with E-state index in [2.05, 4.69) is 0 Å². The first-order valence-corrected chi connectivity index (χ1v) is 7.48. The molecule has 1 aromatic rings. The second-order valence-corrected chi connectivity index (χ2v) is 5.15. The normalized spacial score (nSPS) is 11.0. The molecular formula is C19H16Mg2O8. The van der Waals surface area contributed by atoms with E-state index in [0.717, 1.165) is 12.2 Å². The molecule has 0 aliphatic carbocycles. The molecule has 0 radical (unpaired) electrons. The van der Waals surface area contributed by atoms with Crippen molar-refractivity contribution in [2.24, 2.45) is 0 Å². The fourth-order valence-electron chi connectivity index (χ4n) is 1.59. The molecule has 0 aromatic heterocycles. The Morgan fingerprint density at radius 3 is 1.52 bits per heavy atom. The zero-order chi connectivity index (χ0) is 21.0. The van der Waals surface area contributed by atoms with Crippen LogP contribution < -0.4 is 20.4 Å². The maximum atomic E-state index is 11.2. The number of benzene rings is 1. The third kappa shape index (κ3) is 16.5. The van der Waals surface area contributed by atoms with Crippen molar-refractivity contribution < 1.29 is 39.6 Å². The molecule has 144 valence electrons. The van der Waals surface area contributed by atoms with Gasteiger partial charge >= 0.3 is 46.1 Å². The summed E-state index contributed by atoms with van der Waals surface area (Å²) in [5, 5.41) is 42.8. The molecule has 0 aliphatic rings. The van der Waals surface area contributed by atoms with E-state index in [1.54, 1.807) is 18.2 Å². The molecule has 0 unspecified atom stereocenters. The average Bonchev–Trinajstić information content (AvgIpc) is 2.54. The minimum absolute atomic E-state index is 0. The summed E-state index contributed by atoms with van der Waals surface area (Å²) in [6.07, 6.45) is 1.77. The summed E-state index contributed by atoms with van der Waals surface area (Å²) in [5.41, 5.74) is 0.266. The van der Waals surface area contributed by atoms with E-state index >= 15 is 0 Å². The summed E-state index contributed by atoms with van der Waals surface area (Å²) < 4.78 is 0. The maximum Gasteiger partial charge on any atom is 2.00 e. The number of rotatable bonds is 7. The van der Waals surface area contributed by atoms with Gasteiger partial charge in [0.1, 0.15) is 5.97 Å². The van der Waals surface area contributed by atoms with Crippen LogP contribution in [-0.4, -0.2) is 69.4 Å². The number of carboxylic acid groups (broad SMARTS) is 1. The van der Waals surface area contributed by atoms with Crippen LogP contribution in [0.4, 0.5) is 0 Å². The molecule has 0 amide bonds. The van der Waals surface area contributed by atoms with Gasteiger partial charge in [-0.1, -0.05) is 36.1 Å². The number of ketones is 3. The second kappa shape index (κ2) is 16.8. The van der Waals surface area contributed by atoms with Crippen molar-refractivity contribution in [1.82, 2.24) is 0 Å². The molecule has 0 aliphatic heterocycles. The summed E-state index contributed by atoms with van der Waals surface area (Å²) in [7, 11) is 0. The summed E-state index contributed by atoms with van der Waals surface area (Å²) in [5.74, 6) is -5.79. The van der Waals surface area contributed by atoms with Crippen molar-refractivity contribution in [3.63, 3.8) is 0 Å². The van der Waals surface area contributed by atoms with Gasteiger partial charge in [-0.15, -0.1) is 11.5 Å². The standard InChI is InChI=1S/C10H8O4.C9H12O4.2Mg/c11-8(6-9(12)10(13)14)7-4-2-1-3-5-7;1-6(10)3-8(12)5-9(13)4-7(2)11;;/h1-6,11H,(H,13,14);3-4,12-13H,5H2,1-2H3;;/q;;2*+2/p-4/b8-6-;8-3-,9-4-;;. The van der Waals surface area contributed by atoms with Gasteiger partial charge in [0.15, 0.2) is 11.6 Å². The van der Waals surface area contributed by atoms with Crippen molar-refractivity contribution in [3.05, 3.63) is 65.6 Å². The van der Waals surface area contributed by atoms with Crippen molar-refractivity contribution in [2.75, 3.05) is 0 Å². The Hall–Kier alpha value is -2.15. The van der Waals surface area contributed by atoms with Crippen molar-refractivity contribution in [1.29, 1.82) is 0 Å². The molecule has 0 bridgehead atoms. The van der Waals surface area contributed by atoms with Crippen LogP contribution in [0.3, 0.4) is 0 Å². The molecule has 0 spiro atoms. The van der Waals surface area contributed by atoms with Crippen LogP contribution in [0.25, 0.3) is 5.76 Å². The Labute approximate surface area is 199 Å². The topological polar surface area (TPSA) is 161 Å². The number of carbonyl (C=O) groups excluding carboxylic acids is 4. The number of aliphatic carboxylic acids is 1. The van der Waals surface area contributed by atoms with Crippen LogP contribution in [0.2, 0.25) is 0 Å². The monoisotopic (exact) mass is 420 g/mol. The Bertz CT molecular complexity index is 768. The van der Waals surface area contributed by atoms with Gasteiger partial charge in [-0.05, 0) is 44.1 Å². The molecule has 1 rings (SSSR count). The van der Waals surface area contributed by atoms with Gasteiger partial charge < -0.3 is 25.2 Å². The van der Waals surface area contributed by atoms with E-state index in [0.29, 0.717) is 6.08 Å². The average molecular weight is 421 g/mol. The molecular weight excluding hydrogens is 405 g/mol. The van der Waals surface area contributed by atoms with E-state index < -0.39 is 47.0 Å². The first-order chi connectivity index (χ1) is 12.5. The molecule has 0 saturated heterocycles. The van der Waals surface area contributed by atoms with E-state index in [4.69, 9.17) is 0 Å². The van der Waals surface area contributed by atoms with E-state index in [1.807, 2.05) is 0 Å². The molecule has 0 heterocycles. The van der Waals surface area contributed by atoms with Crippen LogP contribution in [0.1, 0.15) is 25.8 Å². The minimum atomic E-state index is -1.88. The van der Waals surface area contributed by atoms with Gasteiger partial charge in [0.05, 0.1) is 0 Å². The van der Waals surface area contributed by atoms with Gasteiger partial charge in [0.2, 0.25) is 5.78 Å². The van der Waals surface area contributed by atoms with Crippen LogP contribution in [0.15, 0.2) is 60.1 Å². The molecule has 0 saturated carbocycles. The van der Waals surface area contributed by atoms with Gasteiger partial charge in [0, 0.05) is 0 Å². The zero-order valence-electron chi connectivity index (χ0n) is 16.0. The Morgan fingerprint density at radius 2 is 1.17 bits per heavy atom. The van der Waals surface area contributed by atoms with Crippen molar-refractivity contribution in [3.8, 4) is 0 Å². The molecule has 0 atom stereocenters. The predicted octanol–water partition coefficient (Wildman–Crippen LogP) is -3.01. The van der Waals surface area contributed by atoms with Gasteiger partial charge in [-0.2, -0.15) is 0 Å². The Balaban J connectivity index is -0.000000438.